The molecular formula is C11H16ClN3O2. The Morgan fingerprint density at radius 1 is 1.41 bits per heavy atom. The van der Waals surface area contributed by atoms with Gasteiger partial charge < -0.3 is 14.9 Å². The number of hydrogen-bond donors (Lipinski definition) is 1. The Hall–Kier alpha value is -1.33. The fraction of sp³-hybridized carbons (Fsp3) is 0.455. The van der Waals surface area contributed by atoms with E-state index in [9.17, 15) is 4.79 Å². The molecule has 0 amide bonds. The van der Waals surface area contributed by atoms with Gasteiger partial charge >= 0.3 is 5.97 Å². The first-order valence-corrected chi connectivity index (χ1v) is 5.55. The van der Waals surface area contributed by atoms with Crippen LogP contribution in [0, 0.1) is 0 Å². The van der Waals surface area contributed by atoms with Crippen LogP contribution in [0.2, 0.25) is 5.02 Å². The number of anilines is 1. The maximum atomic E-state index is 10.9. The number of likely N-dealkylation sites (N-methyl/N-ethyl adjacent to an activating group) is 2. The highest BCUT2D eigenvalue weighted by atomic mass is 35.5. The van der Waals surface area contributed by atoms with Gasteiger partial charge in [0.25, 0.3) is 0 Å². The van der Waals surface area contributed by atoms with Crippen molar-refractivity contribution in [1.82, 2.24) is 9.88 Å². The third-order valence-electron chi connectivity index (χ3n) is 2.35. The first-order valence-electron chi connectivity index (χ1n) is 5.17. The predicted octanol–water partition coefficient (Wildman–Crippen LogP) is 1.43. The summed E-state index contributed by atoms with van der Waals surface area (Å²) in [5.74, 6) is -0.548. The van der Waals surface area contributed by atoms with Gasteiger partial charge in [-0.05, 0) is 20.2 Å². The molecule has 0 spiro atoms. The van der Waals surface area contributed by atoms with E-state index in [0.29, 0.717) is 5.82 Å². The first kappa shape index (κ1) is 13.7. The number of carbonyl (C=O) groups is 1. The van der Waals surface area contributed by atoms with Crippen molar-refractivity contribution in [2.45, 2.75) is 0 Å². The monoisotopic (exact) mass is 257 g/mol. The van der Waals surface area contributed by atoms with E-state index in [-0.39, 0.29) is 10.6 Å². The van der Waals surface area contributed by atoms with Crippen LogP contribution in [0.15, 0.2) is 12.3 Å². The zero-order valence-electron chi connectivity index (χ0n) is 10.1. The molecule has 1 aromatic heterocycles. The van der Waals surface area contributed by atoms with Crippen LogP contribution in [-0.4, -0.2) is 55.2 Å². The quantitative estimate of drug-likeness (QED) is 0.865. The maximum absolute atomic E-state index is 10.9. The van der Waals surface area contributed by atoms with Gasteiger partial charge in [-0.2, -0.15) is 0 Å². The molecule has 0 bridgehead atoms. The van der Waals surface area contributed by atoms with E-state index in [1.54, 1.807) is 0 Å². The number of rotatable bonds is 5. The van der Waals surface area contributed by atoms with E-state index < -0.39 is 5.97 Å². The van der Waals surface area contributed by atoms with Crippen LogP contribution in [0.25, 0.3) is 0 Å². The van der Waals surface area contributed by atoms with Crippen LogP contribution >= 0.6 is 11.6 Å². The van der Waals surface area contributed by atoms with Gasteiger partial charge in [0.15, 0.2) is 0 Å². The third kappa shape index (κ3) is 3.57. The van der Waals surface area contributed by atoms with Crippen LogP contribution in [0.1, 0.15) is 10.4 Å². The number of carboxylic acids is 1. The zero-order chi connectivity index (χ0) is 13.0. The number of carboxylic acid groups (broad SMARTS) is 1. The van der Waals surface area contributed by atoms with Crippen molar-refractivity contribution < 1.29 is 9.90 Å². The topological polar surface area (TPSA) is 56.7 Å². The highest BCUT2D eigenvalue weighted by molar-refractivity contribution is 6.35. The average Bonchev–Trinajstić information content (AvgIpc) is 2.25. The number of pyridine rings is 1. The van der Waals surface area contributed by atoms with E-state index in [1.807, 2.05) is 30.9 Å². The molecule has 5 nitrogen and oxygen atoms in total. The van der Waals surface area contributed by atoms with E-state index in [2.05, 4.69) is 4.98 Å². The summed E-state index contributed by atoms with van der Waals surface area (Å²) in [6.07, 6.45) is 1.46. The Morgan fingerprint density at radius 2 is 2.06 bits per heavy atom. The van der Waals surface area contributed by atoms with Gasteiger partial charge in [0.05, 0.1) is 10.6 Å². The van der Waals surface area contributed by atoms with E-state index in [0.717, 1.165) is 13.1 Å². The minimum atomic E-state index is -1.04. The summed E-state index contributed by atoms with van der Waals surface area (Å²) >= 11 is 6.02. The maximum Gasteiger partial charge on any atom is 0.337 e. The van der Waals surface area contributed by atoms with Crippen molar-refractivity contribution in [3.05, 3.63) is 22.8 Å². The van der Waals surface area contributed by atoms with E-state index >= 15 is 0 Å². The fourth-order valence-electron chi connectivity index (χ4n) is 1.32. The fourth-order valence-corrected chi connectivity index (χ4v) is 1.66. The van der Waals surface area contributed by atoms with Crippen LogP contribution < -0.4 is 4.90 Å². The molecular weight excluding hydrogens is 242 g/mol. The highest BCUT2D eigenvalue weighted by Gasteiger charge is 2.15. The third-order valence-corrected chi connectivity index (χ3v) is 2.72. The summed E-state index contributed by atoms with van der Waals surface area (Å²) in [4.78, 5) is 18.9. The van der Waals surface area contributed by atoms with Gasteiger partial charge in [0.2, 0.25) is 0 Å². The number of aromatic nitrogens is 1. The first-order chi connectivity index (χ1) is 7.93. The predicted molar refractivity (Wildman–Crippen MR) is 68.0 cm³/mol. The largest absolute Gasteiger partial charge is 0.478 e. The highest BCUT2D eigenvalue weighted by Crippen LogP contribution is 2.25. The van der Waals surface area contributed by atoms with Gasteiger partial charge in [-0.3, -0.25) is 0 Å². The van der Waals surface area contributed by atoms with Crippen LogP contribution in [0.5, 0.6) is 0 Å². The van der Waals surface area contributed by atoms with Crippen molar-refractivity contribution in [2.24, 2.45) is 0 Å². The lowest BCUT2D eigenvalue weighted by Crippen LogP contribution is -2.29. The molecule has 1 aromatic rings. The molecule has 0 aromatic carbocycles. The van der Waals surface area contributed by atoms with Crippen molar-refractivity contribution >= 4 is 23.4 Å². The summed E-state index contributed by atoms with van der Waals surface area (Å²) in [7, 11) is 5.77. The lowest BCUT2D eigenvalue weighted by molar-refractivity contribution is 0.0697. The van der Waals surface area contributed by atoms with Gasteiger partial charge in [-0.1, -0.05) is 11.6 Å². The summed E-state index contributed by atoms with van der Waals surface area (Å²) in [6, 6.07) is 1.40. The van der Waals surface area contributed by atoms with Crippen LogP contribution in [0.4, 0.5) is 5.82 Å². The second-order valence-electron chi connectivity index (χ2n) is 4.03. The Bertz CT molecular complexity index is 410. The molecule has 1 rings (SSSR count). The van der Waals surface area contributed by atoms with Crippen LogP contribution in [-0.2, 0) is 0 Å². The van der Waals surface area contributed by atoms with Gasteiger partial charge in [-0.15, -0.1) is 0 Å². The summed E-state index contributed by atoms with van der Waals surface area (Å²) in [5.41, 5.74) is 0.0772. The second kappa shape index (κ2) is 5.84. The Kier molecular flexibility index (Phi) is 4.72. The van der Waals surface area contributed by atoms with Crippen LogP contribution in [0.3, 0.4) is 0 Å². The molecule has 0 aliphatic heterocycles. The number of nitrogens with zero attached hydrogens (tertiary/aromatic N) is 3. The van der Waals surface area contributed by atoms with Crippen molar-refractivity contribution in [3.8, 4) is 0 Å². The summed E-state index contributed by atoms with van der Waals surface area (Å²) < 4.78 is 0. The van der Waals surface area contributed by atoms with Gasteiger partial charge in [-0.25, -0.2) is 9.78 Å². The Balaban J connectivity index is 2.90. The molecule has 0 atom stereocenters. The van der Waals surface area contributed by atoms with E-state index in [1.165, 1.54) is 12.3 Å². The molecule has 0 saturated carbocycles. The number of aromatic carboxylic acids is 1. The zero-order valence-corrected chi connectivity index (χ0v) is 10.9. The molecule has 0 unspecified atom stereocenters. The number of hydrogen-bond acceptors (Lipinski definition) is 4. The van der Waals surface area contributed by atoms with Crippen molar-refractivity contribution in [2.75, 3.05) is 39.1 Å². The Labute approximate surface area is 106 Å². The van der Waals surface area contributed by atoms with Gasteiger partial charge in [0, 0.05) is 26.3 Å². The molecule has 0 saturated heterocycles. The molecule has 94 valence electrons. The van der Waals surface area contributed by atoms with Crippen molar-refractivity contribution in [3.63, 3.8) is 0 Å². The molecule has 1 N–H and O–H groups in total. The molecule has 0 aliphatic carbocycles. The Morgan fingerprint density at radius 3 is 2.59 bits per heavy atom. The minimum absolute atomic E-state index is 0.0772. The lowest BCUT2D eigenvalue weighted by atomic mass is 10.2. The average molecular weight is 258 g/mol. The SMILES string of the molecule is CN(C)CCN(C)c1nccc(C(=O)O)c1Cl. The lowest BCUT2D eigenvalue weighted by Gasteiger charge is -2.21. The van der Waals surface area contributed by atoms with Gasteiger partial charge in [0.1, 0.15) is 5.82 Å². The second-order valence-corrected chi connectivity index (χ2v) is 4.40. The minimum Gasteiger partial charge on any atom is -0.478 e. The standard InChI is InChI=1S/C11H16ClN3O2/c1-14(2)6-7-15(3)10-9(12)8(11(16)17)4-5-13-10/h4-5H,6-7H2,1-3H3,(H,16,17). The number of halogens is 1. The van der Waals surface area contributed by atoms with Crippen molar-refractivity contribution in [1.29, 1.82) is 0 Å². The smallest absolute Gasteiger partial charge is 0.337 e. The normalized spacial score (nSPS) is 10.6. The van der Waals surface area contributed by atoms with E-state index in [4.69, 9.17) is 16.7 Å². The molecule has 0 fully saturated rings. The molecule has 0 aliphatic rings. The molecule has 6 heteroatoms. The molecule has 17 heavy (non-hydrogen) atoms. The molecule has 0 radical (unpaired) electrons. The summed E-state index contributed by atoms with van der Waals surface area (Å²) in [5, 5.41) is 9.13. The molecule has 1 heterocycles. The summed E-state index contributed by atoms with van der Waals surface area (Å²) in [6.45, 7) is 1.56.